The van der Waals surface area contributed by atoms with Gasteiger partial charge in [0.05, 0.1) is 5.56 Å². The number of pyridine rings is 1. The second-order valence-electron chi connectivity index (χ2n) is 2.89. The van der Waals surface area contributed by atoms with Gasteiger partial charge in [-0.1, -0.05) is 11.3 Å². The first-order valence-electron chi connectivity index (χ1n) is 4.26. The summed E-state index contributed by atoms with van der Waals surface area (Å²) in [5.41, 5.74) is 2.95. The summed E-state index contributed by atoms with van der Waals surface area (Å²) in [5, 5.41) is 10.4. The molecule has 0 aromatic carbocycles. The van der Waals surface area contributed by atoms with E-state index in [0.29, 0.717) is 10.7 Å². The van der Waals surface area contributed by atoms with E-state index < -0.39 is 0 Å². The number of carbonyl (C=O) groups excluding carboxylic acids is 1. The van der Waals surface area contributed by atoms with Crippen molar-refractivity contribution in [2.45, 2.75) is 6.92 Å². The Hall–Kier alpha value is -1.82. The Kier molecular flexibility index (Phi) is 2.68. The quantitative estimate of drug-likeness (QED) is 0.832. The summed E-state index contributed by atoms with van der Waals surface area (Å²) in [7, 11) is 0. The lowest BCUT2D eigenvalue weighted by Gasteiger charge is -2.00. The molecule has 2 heterocycles. The fourth-order valence-corrected chi connectivity index (χ4v) is 1.44. The second kappa shape index (κ2) is 4.14. The maximum atomic E-state index is 11.6. The molecular formula is C9H8N4OS. The summed E-state index contributed by atoms with van der Waals surface area (Å²) in [4.78, 5) is 15.6. The van der Waals surface area contributed by atoms with Gasteiger partial charge in [-0.15, -0.1) is 10.2 Å². The van der Waals surface area contributed by atoms with Gasteiger partial charge >= 0.3 is 0 Å². The van der Waals surface area contributed by atoms with Gasteiger partial charge in [-0.25, -0.2) is 0 Å². The Morgan fingerprint density at radius 2 is 2.33 bits per heavy atom. The Morgan fingerprint density at radius 3 is 2.93 bits per heavy atom. The van der Waals surface area contributed by atoms with Gasteiger partial charge in [0.25, 0.3) is 5.91 Å². The first-order chi connectivity index (χ1) is 7.25. The molecule has 5 nitrogen and oxygen atoms in total. The number of amides is 1. The molecule has 15 heavy (non-hydrogen) atoms. The van der Waals surface area contributed by atoms with Crippen molar-refractivity contribution < 1.29 is 4.79 Å². The predicted octanol–water partition coefficient (Wildman–Crippen LogP) is 1.49. The van der Waals surface area contributed by atoms with E-state index in [4.69, 9.17) is 0 Å². The van der Waals surface area contributed by atoms with Crippen LogP contribution >= 0.6 is 11.3 Å². The molecular weight excluding hydrogens is 212 g/mol. The van der Waals surface area contributed by atoms with Crippen LogP contribution < -0.4 is 5.32 Å². The van der Waals surface area contributed by atoms with E-state index >= 15 is 0 Å². The summed E-state index contributed by atoms with van der Waals surface area (Å²) >= 11 is 1.27. The molecule has 1 amide bonds. The minimum absolute atomic E-state index is 0.223. The minimum Gasteiger partial charge on any atom is -0.296 e. The molecule has 0 radical (unpaired) electrons. The fourth-order valence-electron chi connectivity index (χ4n) is 0.999. The van der Waals surface area contributed by atoms with Crippen molar-refractivity contribution in [3.8, 4) is 0 Å². The number of aromatic nitrogens is 3. The highest BCUT2D eigenvalue weighted by Crippen LogP contribution is 2.10. The van der Waals surface area contributed by atoms with E-state index in [1.165, 1.54) is 17.5 Å². The van der Waals surface area contributed by atoms with Crippen LogP contribution in [-0.4, -0.2) is 21.1 Å². The summed E-state index contributed by atoms with van der Waals surface area (Å²) in [5.74, 6) is -0.223. The molecule has 0 spiro atoms. The molecule has 6 heteroatoms. The third-order valence-corrected chi connectivity index (χ3v) is 2.36. The molecule has 2 aromatic rings. The maximum Gasteiger partial charge on any atom is 0.259 e. The smallest absolute Gasteiger partial charge is 0.259 e. The number of nitrogens with one attached hydrogen (secondary N) is 1. The Labute approximate surface area is 90.2 Å². The van der Waals surface area contributed by atoms with Gasteiger partial charge in [0.2, 0.25) is 5.13 Å². The SMILES string of the molecule is Cc1ccc(C(=O)Nc2nncs2)cn1. The van der Waals surface area contributed by atoms with Gasteiger partial charge in [-0.3, -0.25) is 15.1 Å². The van der Waals surface area contributed by atoms with Crippen LogP contribution in [0.2, 0.25) is 0 Å². The average molecular weight is 220 g/mol. The third kappa shape index (κ3) is 2.35. The summed E-state index contributed by atoms with van der Waals surface area (Å²) in [6.45, 7) is 1.87. The fraction of sp³-hybridized carbons (Fsp3) is 0.111. The lowest BCUT2D eigenvalue weighted by molar-refractivity contribution is 0.102. The van der Waals surface area contributed by atoms with Crippen molar-refractivity contribution in [1.82, 2.24) is 15.2 Å². The molecule has 0 saturated carbocycles. The zero-order valence-electron chi connectivity index (χ0n) is 7.97. The van der Waals surface area contributed by atoms with Crippen LogP contribution in [0.1, 0.15) is 16.1 Å². The number of hydrogen-bond acceptors (Lipinski definition) is 5. The molecule has 0 atom stereocenters. The Morgan fingerprint density at radius 1 is 1.47 bits per heavy atom. The lowest BCUT2D eigenvalue weighted by atomic mass is 10.2. The van der Waals surface area contributed by atoms with Crippen molar-refractivity contribution in [1.29, 1.82) is 0 Å². The van der Waals surface area contributed by atoms with Crippen molar-refractivity contribution in [3.05, 3.63) is 35.1 Å². The first kappa shape index (κ1) is 9.72. The minimum atomic E-state index is -0.223. The van der Waals surface area contributed by atoms with Crippen molar-refractivity contribution in [2.24, 2.45) is 0 Å². The van der Waals surface area contributed by atoms with E-state index in [1.54, 1.807) is 17.6 Å². The molecule has 2 rings (SSSR count). The normalized spacial score (nSPS) is 9.93. The number of nitrogens with zero attached hydrogens (tertiary/aromatic N) is 3. The van der Waals surface area contributed by atoms with Crippen molar-refractivity contribution in [3.63, 3.8) is 0 Å². The summed E-state index contributed by atoms with van der Waals surface area (Å²) < 4.78 is 0. The van der Waals surface area contributed by atoms with Gasteiger partial charge in [-0.05, 0) is 19.1 Å². The third-order valence-electron chi connectivity index (χ3n) is 1.75. The van der Waals surface area contributed by atoms with Crippen LogP contribution in [-0.2, 0) is 0 Å². The van der Waals surface area contributed by atoms with Gasteiger partial charge in [0.15, 0.2) is 0 Å². The monoisotopic (exact) mass is 220 g/mol. The number of aryl methyl sites for hydroxylation is 1. The molecule has 76 valence electrons. The molecule has 0 bridgehead atoms. The van der Waals surface area contributed by atoms with Crippen LogP contribution in [0, 0.1) is 6.92 Å². The average Bonchev–Trinajstić information content (AvgIpc) is 2.71. The number of hydrogen-bond donors (Lipinski definition) is 1. The van der Waals surface area contributed by atoms with Crippen LogP contribution in [0.4, 0.5) is 5.13 Å². The molecule has 0 unspecified atom stereocenters. The molecule has 0 saturated heterocycles. The number of carbonyl (C=O) groups is 1. The van der Waals surface area contributed by atoms with Gasteiger partial charge < -0.3 is 0 Å². The highest BCUT2D eigenvalue weighted by atomic mass is 32.1. The largest absolute Gasteiger partial charge is 0.296 e. The summed E-state index contributed by atoms with van der Waals surface area (Å²) in [6.07, 6.45) is 1.53. The highest BCUT2D eigenvalue weighted by molar-refractivity contribution is 7.13. The van der Waals surface area contributed by atoms with Gasteiger partial charge in [-0.2, -0.15) is 0 Å². The van der Waals surface area contributed by atoms with Crippen LogP contribution in [0.5, 0.6) is 0 Å². The predicted molar refractivity (Wildman–Crippen MR) is 56.8 cm³/mol. The van der Waals surface area contributed by atoms with Crippen LogP contribution in [0.15, 0.2) is 23.8 Å². The lowest BCUT2D eigenvalue weighted by Crippen LogP contribution is -2.12. The standard InChI is InChI=1S/C9H8N4OS/c1-6-2-3-7(4-10-6)8(14)12-9-13-11-5-15-9/h2-5H,1H3,(H,12,13,14). The molecule has 0 fully saturated rings. The van der Waals surface area contributed by atoms with Crippen LogP contribution in [0.25, 0.3) is 0 Å². The molecule has 2 aromatic heterocycles. The van der Waals surface area contributed by atoms with Crippen molar-refractivity contribution >= 4 is 22.4 Å². The second-order valence-corrected chi connectivity index (χ2v) is 3.72. The summed E-state index contributed by atoms with van der Waals surface area (Å²) in [6, 6.07) is 3.51. The topological polar surface area (TPSA) is 67.8 Å². The molecule has 0 aliphatic heterocycles. The van der Waals surface area contributed by atoms with E-state index in [0.717, 1.165) is 5.69 Å². The van der Waals surface area contributed by atoms with E-state index in [-0.39, 0.29) is 5.91 Å². The Bertz CT molecular complexity index is 451. The molecule has 0 aliphatic carbocycles. The van der Waals surface area contributed by atoms with E-state index in [2.05, 4.69) is 20.5 Å². The van der Waals surface area contributed by atoms with E-state index in [1.807, 2.05) is 6.92 Å². The Balaban J connectivity index is 2.11. The first-order valence-corrected chi connectivity index (χ1v) is 5.14. The van der Waals surface area contributed by atoms with Crippen LogP contribution in [0.3, 0.4) is 0 Å². The zero-order valence-corrected chi connectivity index (χ0v) is 8.78. The number of anilines is 1. The van der Waals surface area contributed by atoms with Crippen molar-refractivity contribution in [2.75, 3.05) is 5.32 Å². The molecule has 0 aliphatic rings. The van der Waals surface area contributed by atoms with Gasteiger partial charge in [0, 0.05) is 11.9 Å². The molecule has 1 N–H and O–H groups in total. The number of rotatable bonds is 2. The maximum absolute atomic E-state index is 11.6. The van der Waals surface area contributed by atoms with Gasteiger partial charge in [0.1, 0.15) is 5.51 Å². The van der Waals surface area contributed by atoms with E-state index in [9.17, 15) is 4.79 Å². The highest BCUT2D eigenvalue weighted by Gasteiger charge is 2.07. The zero-order chi connectivity index (χ0) is 10.7.